The summed E-state index contributed by atoms with van der Waals surface area (Å²) in [5.74, 6) is -0.432. The molecule has 0 radical (unpaired) electrons. The van der Waals surface area contributed by atoms with Crippen LogP contribution in [0, 0.1) is 0 Å². The number of carbonyl (C=O) groups excluding carboxylic acids is 2. The second-order valence-electron chi connectivity index (χ2n) is 9.49. The Labute approximate surface area is 251 Å². The second-order valence-corrected chi connectivity index (χ2v) is 11.8. The zero-order valence-electron chi connectivity index (χ0n) is 23.3. The first-order valence-corrected chi connectivity index (χ1v) is 15.1. The van der Waals surface area contributed by atoms with Crippen molar-refractivity contribution in [3.05, 3.63) is 125 Å². The van der Waals surface area contributed by atoms with Crippen molar-refractivity contribution in [1.82, 2.24) is 10.2 Å². The van der Waals surface area contributed by atoms with Crippen molar-refractivity contribution in [2.24, 2.45) is 0 Å². The van der Waals surface area contributed by atoms with Crippen molar-refractivity contribution in [2.75, 3.05) is 25.0 Å². The minimum atomic E-state index is -4.24. The lowest BCUT2D eigenvalue weighted by molar-refractivity contribution is -0.139. The van der Waals surface area contributed by atoms with Crippen molar-refractivity contribution in [2.45, 2.75) is 23.9 Å². The van der Waals surface area contributed by atoms with E-state index in [0.717, 1.165) is 15.4 Å². The number of ether oxygens (including phenoxy) is 1. The lowest BCUT2D eigenvalue weighted by Gasteiger charge is -2.33. The maximum atomic E-state index is 14.2. The number of hydrogen-bond donors (Lipinski definition) is 1. The first-order chi connectivity index (χ1) is 20.2. The van der Waals surface area contributed by atoms with Gasteiger partial charge in [0.2, 0.25) is 11.8 Å². The van der Waals surface area contributed by atoms with E-state index in [9.17, 15) is 18.0 Å². The molecule has 10 heteroatoms. The molecule has 1 atom stereocenters. The largest absolute Gasteiger partial charge is 0.497 e. The molecule has 1 N–H and O–H groups in total. The summed E-state index contributed by atoms with van der Waals surface area (Å²) in [6.07, 6.45) is 0.238. The minimum Gasteiger partial charge on any atom is -0.497 e. The zero-order chi connectivity index (χ0) is 30.1. The third-order valence-electron chi connectivity index (χ3n) is 6.74. The van der Waals surface area contributed by atoms with Crippen LogP contribution in [0.3, 0.4) is 0 Å². The van der Waals surface area contributed by atoms with Crippen molar-refractivity contribution in [3.63, 3.8) is 0 Å². The highest BCUT2D eigenvalue weighted by atomic mass is 35.5. The Bertz CT molecular complexity index is 1600. The number of halogens is 1. The van der Waals surface area contributed by atoms with Gasteiger partial charge in [0.05, 0.1) is 17.7 Å². The molecule has 0 heterocycles. The molecule has 4 aromatic carbocycles. The molecule has 8 nitrogen and oxygen atoms in total. The summed E-state index contributed by atoms with van der Waals surface area (Å²) in [5, 5.41) is 2.98. The Morgan fingerprint density at radius 1 is 0.857 bits per heavy atom. The molecule has 0 spiro atoms. The molecule has 0 saturated heterocycles. The van der Waals surface area contributed by atoms with Gasteiger partial charge in [-0.1, -0.05) is 78.3 Å². The van der Waals surface area contributed by atoms with Crippen LogP contribution < -0.4 is 14.4 Å². The molecular weight excluding hydrogens is 574 g/mol. The van der Waals surface area contributed by atoms with Crippen LogP contribution in [0.25, 0.3) is 0 Å². The van der Waals surface area contributed by atoms with Crippen molar-refractivity contribution in [1.29, 1.82) is 0 Å². The predicted octanol–water partition coefficient (Wildman–Crippen LogP) is 4.93. The van der Waals surface area contributed by atoms with Crippen LogP contribution in [0.5, 0.6) is 5.75 Å². The highest BCUT2D eigenvalue weighted by Crippen LogP contribution is 2.28. The number of nitrogens with zero attached hydrogens (tertiary/aromatic N) is 2. The summed E-state index contributed by atoms with van der Waals surface area (Å²) < 4.78 is 34.2. The third-order valence-corrected chi connectivity index (χ3v) is 8.76. The van der Waals surface area contributed by atoms with E-state index < -0.39 is 28.5 Å². The monoisotopic (exact) mass is 605 g/mol. The van der Waals surface area contributed by atoms with Crippen LogP contribution in [0.15, 0.2) is 114 Å². The lowest BCUT2D eigenvalue weighted by atomic mass is 10.0. The fraction of sp³-hybridized carbons (Fsp3) is 0.188. The molecule has 0 aliphatic carbocycles. The van der Waals surface area contributed by atoms with Crippen LogP contribution in [-0.2, 0) is 32.6 Å². The van der Waals surface area contributed by atoms with Gasteiger partial charge in [0.15, 0.2) is 0 Å². The normalized spacial score (nSPS) is 11.8. The predicted molar refractivity (Wildman–Crippen MR) is 164 cm³/mol. The van der Waals surface area contributed by atoms with E-state index in [0.29, 0.717) is 10.8 Å². The molecule has 218 valence electrons. The van der Waals surface area contributed by atoms with Crippen LogP contribution >= 0.6 is 11.6 Å². The molecule has 4 rings (SSSR count). The number of carbonyl (C=O) groups is 2. The Hall–Kier alpha value is -4.34. The topological polar surface area (TPSA) is 96.0 Å². The summed E-state index contributed by atoms with van der Waals surface area (Å²) in [6.45, 7) is -0.472. The number of sulfonamides is 1. The molecule has 0 aromatic heterocycles. The number of rotatable bonds is 12. The molecule has 0 aliphatic rings. The quantitative estimate of drug-likeness (QED) is 0.247. The summed E-state index contributed by atoms with van der Waals surface area (Å²) in [5.41, 5.74) is 1.86. The average molecular weight is 606 g/mol. The van der Waals surface area contributed by atoms with E-state index in [2.05, 4.69) is 5.32 Å². The molecule has 0 bridgehead atoms. The van der Waals surface area contributed by atoms with Crippen LogP contribution in [0.2, 0.25) is 5.02 Å². The number of amides is 2. The molecule has 0 aliphatic heterocycles. The van der Waals surface area contributed by atoms with Crippen LogP contribution in [0.4, 0.5) is 5.69 Å². The van der Waals surface area contributed by atoms with Crippen LogP contribution in [-0.4, -0.2) is 51.9 Å². The fourth-order valence-electron chi connectivity index (χ4n) is 4.54. The third kappa shape index (κ3) is 7.48. The van der Waals surface area contributed by atoms with E-state index in [-0.39, 0.29) is 29.5 Å². The number of anilines is 1. The second kappa shape index (κ2) is 14.0. The smallest absolute Gasteiger partial charge is 0.264 e. The molecule has 2 amide bonds. The van der Waals surface area contributed by atoms with Gasteiger partial charge in [0.25, 0.3) is 10.0 Å². The maximum Gasteiger partial charge on any atom is 0.264 e. The minimum absolute atomic E-state index is 0.0298. The summed E-state index contributed by atoms with van der Waals surface area (Å²) in [4.78, 5) is 28.9. The van der Waals surface area contributed by atoms with E-state index in [1.165, 1.54) is 49.4 Å². The van der Waals surface area contributed by atoms with Crippen molar-refractivity contribution < 1.29 is 22.7 Å². The number of methoxy groups -OCH3 is 1. The fourth-order valence-corrected chi connectivity index (χ4v) is 6.13. The number of benzene rings is 4. The van der Waals surface area contributed by atoms with Gasteiger partial charge in [-0.15, -0.1) is 0 Å². The summed E-state index contributed by atoms with van der Waals surface area (Å²) in [6, 6.07) is 29.9. The van der Waals surface area contributed by atoms with Gasteiger partial charge in [-0.05, 0) is 53.6 Å². The molecule has 4 aromatic rings. The first-order valence-electron chi connectivity index (χ1n) is 13.2. The van der Waals surface area contributed by atoms with Crippen molar-refractivity contribution in [3.8, 4) is 5.75 Å². The van der Waals surface area contributed by atoms with E-state index in [1.807, 2.05) is 60.7 Å². The molecule has 0 saturated carbocycles. The molecule has 42 heavy (non-hydrogen) atoms. The Balaban J connectivity index is 1.77. The van der Waals surface area contributed by atoms with E-state index >= 15 is 0 Å². The molecular formula is C32H32ClN3O5S. The molecule has 0 fully saturated rings. The van der Waals surface area contributed by atoms with Gasteiger partial charge >= 0.3 is 0 Å². The van der Waals surface area contributed by atoms with Gasteiger partial charge in [0, 0.05) is 25.0 Å². The summed E-state index contributed by atoms with van der Waals surface area (Å²) >= 11 is 6.25. The lowest BCUT2D eigenvalue weighted by Crippen LogP contribution is -2.53. The SMILES string of the molecule is CNC(=O)[C@H](Cc1ccccc1)N(Cc1ccccc1)C(=O)CN(c1cccc(Cl)c1)S(=O)(=O)c1ccc(OC)cc1. The molecule has 0 unspecified atom stereocenters. The zero-order valence-corrected chi connectivity index (χ0v) is 24.9. The van der Waals surface area contributed by atoms with E-state index in [4.69, 9.17) is 16.3 Å². The van der Waals surface area contributed by atoms with Gasteiger partial charge in [-0.25, -0.2) is 8.42 Å². The highest BCUT2D eigenvalue weighted by molar-refractivity contribution is 7.92. The standard InChI is InChI=1S/C32H32ClN3O5S/c1-34-32(38)30(20-24-10-5-3-6-11-24)35(22-25-12-7-4-8-13-25)31(37)23-36(27-15-9-14-26(33)21-27)42(39,40)29-18-16-28(41-2)17-19-29/h3-19,21,30H,20,22-23H2,1-2H3,(H,34,38)/t30-/m0/s1. The van der Waals surface area contributed by atoms with Gasteiger partial charge in [-0.3, -0.25) is 13.9 Å². The van der Waals surface area contributed by atoms with Crippen LogP contribution in [0.1, 0.15) is 11.1 Å². The first kappa shape index (κ1) is 30.6. The maximum absolute atomic E-state index is 14.2. The number of hydrogen-bond acceptors (Lipinski definition) is 5. The number of nitrogens with one attached hydrogen (secondary N) is 1. The number of likely N-dealkylation sites (N-methyl/N-ethyl adjacent to an activating group) is 1. The Morgan fingerprint density at radius 3 is 2.05 bits per heavy atom. The van der Waals surface area contributed by atoms with Gasteiger partial charge in [-0.2, -0.15) is 0 Å². The average Bonchev–Trinajstić information content (AvgIpc) is 3.02. The summed E-state index contributed by atoms with van der Waals surface area (Å²) in [7, 11) is -1.24. The van der Waals surface area contributed by atoms with E-state index in [1.54, 1.807) is 18.2 Å². The highest BCUT2D eigenvalue weighted by Gasteiger charge is 2.34. The Morgan fingerprint density at radius 2 is 1.48 bits per heavy atom. The van der Waals surface area contributed by atoms with Crippen molar-refractivity contribution >= 4 is 39.1 Å². The van der Waals surface area contributed by atoms with Gasteiger partial charge in [0.1, 0.15) is 18.3 Å². The Kier molecular flexibility index (Phi) is 10.2. The van der Waals surface area contributed by atoms with Gasteiger partial charge < -0.3 is 15.0 Å².